The predicted octanol–water partition coefficient (Wildman–Crippen LogP) is 3.55. The van der Waals surface area contributed by atoms with E-state index in [0.29, 0.717) is 36.9 Å². The Kier molecular flexibility index (Phi) is 12.5. The van der Waals surface area contributed by atoms with Crippen molar-refractivity contribution in [1.29, 1.82) is 0 Å². The number of benzene rings is 3. The molecule has 0 saturated carbocycles. The summed E-state index contributed by atoms with van der Waals surface area (Å²) < 4.78 is 6.02. The van der Waals surface area contributed by atoms with E-state index >= 15 is 0 Å². The number of carbonyl (C=O) groups is 2. The molecule has 7 heteroatoms. The second-order valence-electron chi connectivity index (χ2n) is 9.23. The molecule has 0 aromatic heterocycles. The molecule has 1 atom stereocenters. The van der Waals surface area contributed by atoms with Crippen molar-refractivity contribution in [2.45, 2.75) is 52.4 Å². The Morgan fingerprint density at radius 3 is 2.32 bits per heavy atom. The van der Waals surface area contributed by atoms with E-state index in [1.54, 1.807) is 17.8 Å². The van der Waals surface area contributed by atoms with Crippen LogP contribution in [-0.2, 0) is 22.7 Å². The molecule has 3 aromatic carbocycles. The van der Waals surface area contributed by atoms with E-state index in [0.717, 1.165) is 27.8 Å². The zero-order valence-electron chi connectivity index (χ0n) is 23.4. The Morgan fingerprint density at radius 2 is 1.68 bits per heavy atom. The molecule has 0 saturated heterocycles. The summed E-state index contributed by atoms with van der Waals surface area (Å²) >= 11 is 1.55. The third-order valence-corrected chi connectivity index (χ3v) is 6.78. The van der Waals surface area contributed by atoms with Gasteiger partial charge in [-0.2, -0.15) is 11.8 Å². The van der Waals surface area contributed by atoms with E-state index in [2.05, 4.69) is 43.4 Å². The minimum atomic E-state index is -1.03. The molecule has 3 rings (SSSR count). The Bertz CT molecular complexity index is 1200. The van der Waals surface area contributed by atoms with Gasteiger partial charge in [0.25, 0.3) is 5.91 Å². The number of amides is 1. The number of thioether (sulfide) groups is 1. The molecule has 0 aliphatic heterocycles. The van der Waals surface area contributed by atoms with Crippen molar-refractivity contribution in [1.82, 2.24) is 5.32 Å². The van der Waals surface area contributed by atoms with Gasteiger partial charge in [-0.15, -0.1) is 0 Å². The van der Waals surface area contributed by atoms with E-state index in [4.69, 9.17) is 4.74 Å². The molecule has 5 nitrogen and oxygen atoms in total. The van der Waals surface area contributed by atoms with E-state index in [1.165, 1.54) is 5.56 Å². The first-order valence-corrected chi connectivity index (χ1v) is 13.6. The van der Waals surface area contributed by atoms with Crippen LogP contribution in [0.3, 0.4) is 0 Å². The zero-order chi connectivity index (χ0) is 26.1. The van der Waals surface area contributed by atoms with Crippen LogP contribution in [0.25, 0.3) is 11.1 Å². The van der Waals surface area contributed by atoms with Crippen molar-refractivity contribution in [3.8, 4) is 11.1 Å². The number of carbonyl (C=O) groups excluding carboxylic acids is 1. The molecule has 0 bridgehead atoms. The average molecular weight is 514 g/mol. The maximum atomic E-state index is 13.2. The second kappa shape index (κ2) is 15.0. The van der Waals surface area contributed by atoms with Gasteiger partial charge in [0.15, 0.2) is 0 Å². The van der Waals surface area contributed by atoms with E-state index < -0.39 is 12.0 Å². The zero-order valence-corrected chi connectivity index (χ0v) is 23.2. The number of carboxylic acid groups (broad SMARTS) is 1. The molecule has 37 heavy (non-hydrogen) atoms. The summed E-state index contributed by atoms with van der Waals surface area (Å²) in [7, 11) is 0. The van der Waals surface area contributed by atoms with Crippen LogP contribution in [0.2, 0.25) is 0 Å². The molecule has 2 N–H and O–H groups in total. The van der Waals surface area contributed by atoms with Gasteiger partial charge in [-0.1, -0.05) is 68.4 Å². The summed E-state index contributed by atoms with van der Waals surface area (Å²) in [6.07, 6.45) is 2.28. The number of aliphatic carboxylic acids is 1. The Morgan fingerprint density at radius 1 is 0.973 bits per heavy atom. The SMILES string of the molecule is CSCC[C@H](NC(=O)c1ccc(COCc2cccc(C(C)C)c2)cc1-c1ccccc1C)C(=O)O.[H-].[Li+]. The standard InChI is InChI=1S/C30H35NO4S.Li.H/c1-20(2)24-10-7-9-22(16-24)18-35-19-23-12-13-26(27(17-23)25-11-6-5-8-21(25)3)29(32)31-28(30(33)34)14-15-36-4;;/h5-13,16-17,20,28H,14-15,18-19H2,1-4H3,(H,31,32)(H,33,34);;/q;+1;-1/t28-;;/m0../s1. The van der Waals surface area contributed by atoms with Gasteiger partial charge >= 0.3 is 24.8 Å². The number of rotatable bonds is 12. The first-order valence-electron chi connectivity index (χ1n) is 12.2. The van der Waals surface area contributed by atoms with Crippen molar-refractivity contribution >= 4 is 23.6 Å². The Hall–Kier alpha value is -2.49. The topological polar surface area (TPSA) is 75.6 Å². The third kappa shape index (κ3) is 8.79. The van der Waals surface area contributed by atoms with Gasteiger partial charge in [0.05, 0.1) is 13.2 Å². The molecule has 3 aromatic rings. The van der Waals surface area contributed by atoms with Crippen molar-refractivity contribution in [3.05, 3.63) is 94.5 Å². The van der Waals surface area contributed by atoms with Crippen LogP contribution >= 0.6 is 11.8 Å². The maximum Gasteiger partial charge on any atom is 1.00 e. The monoisotopic (exact) mass is 513 g/mol. The fraction of sp³-hybridized carbons (Fsp3) is 0.333. The first-order chi connectivity index (χ1) is 17.3. The third-order valence-electron chi connectivity index (χ3n) is 6.13. The first kappa shape index (κ1) is 30.7. The van der Waals surface area contributed by atoms with Crippen LogP contribution in [0, 0.1) is 6.92 Å². The minimum Gasteiger partial charge on any atom is -1.00 e. The molecule has 192 valence electrons. The quantitative estimate of drug-likeness (QED) is 0.363. The number of ether oxygens (including phenoxy) is 1. The molecule has 0 spiro atoms. The molecule has 0 radical (unpaired) electrons. The van der Waals surface area contributed by atoms with Crippen molar-refractivity contribution in [2.75, 3.05) is 12.0 Å². The number of hydrogen-bond acceptors (Lipinski definition) is 4. The Balaban J connectivity index is 0.00000361. The molecular weight excluding hydrogens is 477 g/mol. The van der Waals surface area contributed by atoms with Gasteiger partial charge in [-0.3, -0.25) is 4.79 Å². The van der Waals surface area contributed by atoms with Crippen LogP contribution in [0.15, 0.2) is 66.7 Å². The number of nitrogens with one attached hydrogen (secondary N) is 1. The van der Waals surface area contributed by atoms with Gasteiger partial charge in [0, 0.05) is 5.56 Å². The van der Waals surface area contributed by atoms with Gasteiger partial charge in [0.1, 0.15) is 6.04 Å². The molecule has 0 heterocycles. The molecule has 0 aliphatic carbocycles. The van der Waals surface area contributed by atoms with Gasteiger partial charge < -0.3 is 16.6 Å². The summed E-state index contributed by atoms with van der Waals surface area (Å²) in [5, 5.41) is 12.3. The van der Waals surface area contributed by atoms with Crippen LogP contribution in [-0.4, -0.2) is 35.0 Å². The van der Waals surface area contributed by atoms with Crippen LogP contribution in [0.5, 0.6) is 0 Å². The van der Waals surface area contributed by atoms with E-state index in [9.17, 15) is 14.7 Å². The van der Waals surface area contributed by atoms with Crippen molar-refractivity contribution in [3.63, 3.8) is 0 Å². The van der Waals surface area contributed by atoms with E-state index in [1.807, 2.05) is 49.6 Å². The molecule has 0 fully saturated rings. The number of aryl methyl sites for hydroxylation is 1. The fourth-order valence-electron chi connectivity index (χ4n) is 4.03. The molecule has 0 unspecified atom stereocenters. The van der Waals surface area contributed by atoms with Crippen LogP contribution in [0.1, 0.15) is 60.2 Å². The maximum absolute atomic E-state index is 13.2. The summed E-state index contributed by atoms with van der Waals surface area (Å²) in [6, 6.07) is 21.0. The number of hydrogen-bond donors (Lipinski definition) is 2. The Labute approximate surface area is 238 Å². The fourth-order valence-corrected chi connectivity index (χ4v) is 4.51. The molecular formula is C30H36LiNO4S. The number of carboxylic acids is 1. The van der Waals surface area contributed by atoms with Crippen LogP contribution in [0.4, 0.5) is 0 Å². The van der Waals surface area contributed by atoms with Gasteiger partial charge in [-0.25, -0.2) is 4.79 Å². The minimum absolute atomic E-state index is 0. The average Bonchev–Trinajstić information content (AvgIpc) is 2.86. The van der Waals surface area contributed by atoms with Crippen LogP contribution < -0.4 is 24.2 Å². The normalized spacial score (nSPS) is 11.6. The second-order valence-corrected chi connectivity index (χ2v) is 10.2. The van der Waals surface area contributed by atoms with Gasteiger partial charge in [-0.05, 0) is 76.8 Å². The van der Waals surface area contributed by atoms with Crippen molar-refractivity contribution in [2.24, 2.45) is 0 Å². The summed E-state index contributed by atoms with van der Waals surface area (Å²) in [6.45, 7) is 7.25. The summed E-state index contributed by atoms with van der Waals surface area (Å²) in [4.78, 5) is 24.9. The summed E-state index contributed by atoms with van der Waals surface area (Å²) in [5.74, 6) is -0.305. The van der Waals surface area contributed by atoms with Crippen molar-refractivity contribution < 1.29 is 39.7 Å². The smallest absolute Gasteiger partial charge is 1.00 e. The van der Waals surface area contributed by atoms with E-state index in [-0.39, 0.29) is 26.2 Å². The molecule has 1 amide bonds. The summed E-state index contributed by atoms with van der Waals surface area (Å²) in [5.41, 5.74) is 6.54. The largest absolute Gasteiger partial charge is 1.00 e. The van der Waals surface area contributed by atoms with Gasteiger partial charge in [0.2, 0.25) is 0 Å². The predicted molar refractivity (Wildman–Crippen MR) is 149 cm³/mol. The molecule has 0 aliphatic rings.